The summed E-state index contributed by atoms with van der Waals surface area (Å²) in [6, 6.07) is 8.49. The van der Waals surface area contributed by atoms with Crippen molar-refractivity contribution in [2.45, 2.75) is 90.3 Å². The number of piperidine rings is 1. The van der Waals surface area contributed by atoms with E-state index in [1.54, 1.807) is 0 Å². The molecule has 3 aliphatic rings. The first-order valence-electron chi connectivity index (χ1n) is 12.9. The molecular formula is C28H37N3O3. The molecule has 1 aliphatic carbocycles. The first-order chi connectivity index (χ1) is 16.2. The van der Waals surface area contributed by atoms with Crippen molar-refractivity contribution in [3.8, 4) is 0 Å². The van der Waals surface area contributed by atoms with Crippen molar-refractivity contribution >= 4 is 28.5 Å². The van der Waals surface area contributed by atoms with Crippen molar-refractivity contribution < 1.29 is 14.7 Å². The SMILES string of the molecule is CC(C)(C)[C@H]1CC[C@@H](Nc2cc3ccc(C(=O)N4C5CCC4CC(C(=O)O)C5)cc3cn2)CC1. The molecule has 2 unspecified atom stereocenters. The number of rotatable bonds is 4. The van der Waals surface area contributed by atoms with Crippen LogP contribution in [-0.4, -0.2) is 45.0 Å². The van der Waals surface area contributed by atoms with E-state index >= 15 is 0 Å². The Morgan fingerprint density at radius 2 is 1.65 bits per heavy atom. The lowest BCUT2D eigenvalue weighted by molar-refractivity contribution is -0.144. The van der Waals surface area contributed by atoms with E-state index in [9.17, 15) is 14.7 Å². The molecule has 6 heteroatoms. The number of carbonyl (C=O) groups excluding carboxylic acids is 1. The van der Waals surface area contributed by atoms with Gasteiger partial charge in [-0.05, 0) is 86.3 Å². The maximum absolute atomic E-state index is 13.4. The van der Waals surface area contributed by atoms with Crippen molar-refractivity contribution in [2.75, 3.05) is 5.32 Å². The predicted molar refractivity (Wildman–Crippen MR) is 134 cm³/mol. The third kappa shape index (κ3) is 4.51. The van der Waals surface area contributed by atoms with Crippen LogP contribution in [0.4, 0.5) is 5.82 Å². The Balaban J connectivity index is 1.26. The number of nitrogens with zero attached hydrogens (tertiary/aromatic N) is 2. The molecule has 2 aromatic rings. The van der Waals surface area contributed by atoms with Crippen molar-refractivity contribution in [1.29, 1.82) is 0 Å². The van der Waals surface area contributed by atoms with Crippen LogP contribution < -0.4 is 5.32 Å². The van der Waals surface area contributed by atoms with Crippen LogP contribution in [-0.2, 0) is 4.79 Å². The number of fused-ring (bicyclic) bond motifs is 3. The zero-order chi connectivity index (χ0) is 24.0. The molecule has 2 N–H and O–H groups in total. The Bertz CT molecular complexity index is 1070. The van der Waals surface area contributed by atoms with E-state index in [1.165, 1.54) is 25.7 Å². The maximum Gasteiger partial charge on any atom is 0.306 e. The van der Waals surface area contributed by atoms with Crippen molar-refractivity contribution in [1.82, 2.24) is 9.88 Å². The minimum Gasteiger partial charge on any atom is -0.481 e. The second kappa shape index (κ2) is 8.86. The van der Waals surface area contributed by atoms with E-state index in [0.29, 0.717) is 29.9 Å². The smallest absolute Gasteiger partial charge is 0.306 e. The number of anilines is 1. The van der Waals surface area contributed by atoms with Gasteiger partial charge in [-0.25, -0.2) is 4.98 Å². The summed E-state index contributed by atoms with van der Waals surface area (Å²) in [6.07, 6.45) is 9.67. The van der Waals surface area contributed by atoms with Gasteiger partial charge in [-0.15, -0.1) is 0 Å². The normalized spacial score (nSPS) is 29.3. The average Bonchev–Trinajstić information content (AvgIpc) is 3.06. The van der Waals surface area contributed by atoms with Gasteiger partial charge in [0, 0.05) is 35.3 Å². The molecule has 6 nitrogen and oxygen atoms in total. The molecule has 3 fully saturated rings. The summed E-state index contributed by atoms with van der Waals surface area (Å²) in [4.78, 5) is 31.4. The van der Waals surface area contributed by atoms with Gasteiger partial charge in [0.1, 0.15) is 5.82 Å². The van der Waals surface area contributed by atoms with Gasteiger partial charge in [-0.2, -0.15) is 0 Å². The number of aromatic nitrogens is 1. The highest BCUT2D eigenvalue weighted by atomic mass is 16.4. The molecule has 1 saturated carbocycles. The third-order valence-corrected chi connectivity index (χ3v) is 8.59. The number of hydrogen-bond donors (Lipinski definition) is 2. The van der Waals surface area contributed by atoms with Gasteiger partial charge in [0.15, 0.2) is 0 Å². The quantitative estimate of drug-likeness (QED) is 0.606. The number of pyridine rings is 1. The van der Waals surface area contributed by atoms with Gasteiger partial charge >= 0.3 is 5.97 Å². The Labute approximate surface area is 202 Å². The highest BCUT2D eigenvalue weighted by Gasteiger charge is 2.45. The maximum atomic E-state index is 13.4. The summed E-state index contributed by atoms with van der Waals surface area (Å²) in [5.41, 5.74) is 1.05. The second-order valence-corrected chi connectivity index (χ2v) is 11.8. The highest BCUT2D eigenvalue weighted by molar-refractivity contribution is 5.99. The summed E-state index contributed by atoms with van der Waals surface area (Å²) in [6.45, 7) is 7.04. The summed E-state index contributed by atoms with van der Waals surface area (Å²) in [5, 5.41) is 15.1. The fourth-order valence-corrected chi connectivity index (χ4v) is 6.53. The monoisotopic (exact) mass is 463 g/mol. The summed E-state index contributed by atoms with van der Waals surface area (Å²) < 4.78 is 0. The van der Waals surface area contributed by atoms with Crippen LogP contribution in [0.15, 0.2) is 30.5 Å². The molecule has 34 heavy (non-hydrogen) atoms. The third-order valence-electron chi connectivity index (χ3n) is 8.59. The molecule has 2 saturated heterocycles. The lowest BCUT2D eigenvalue weighted by Crippen LogP contribution is -2.47. The van der Waals surface area contributed by atoms with Crippen molar-refractivity contribution in [3.63, 3.8) is 0 Å². The number of carboxylic acids is 1. The molecule has 2 atom stereocenters. The van der Waals surface area contributed by atoms with Gasteiger partial charge in [0.2, 0.25) is 0 Å². The van der Waals surface area contributed by atoms with Crippen LogP contribution >= 0.6 is 0 Å². The Hall–Kier alpha value is -2.63. The minimum absolute atomic E-state index is 0.0241. The van der Waals surface area contributed by atoms with Crippen LogP contribution in [0.3, 0.4) is 0 Å². The Kier molecular flexibility index (Phi) is 6.03. The topological polar surface area (TPSA) is 82.5 Å². The lowest BCUT2D eigenvalue weighted by Gasteiger charge is -2.37. The zero-order valence-corrected chi connectivity index (χ0v) is 20.6. The first-order valence-corrected chi connectivity index (χ1v) is 12.9. The number of aliphatic carboxylic acids is 1. The highest BCUT2D eigenvalue weighted by Crippen LogP contribution is 2.40. The molecule has 0 spiro atoms. The molecule has 3 heterocycles. The molecule has 1 aromatic heterocycles. The molecular weight excluding hydrogens is 426 g/mol. The van der Waals surface area contributed by atoms with Gasteiger partial charge in [0.25, 0.3) is 5.91 Å². The number of amides is 1. The fourth-order valence-electron chi connectivity index (χ4n) is 6.53. The van der Waals surface area contributed by atoms with E-state index in [0.717, 1.165) is 35.3 Å². The molecule has 1 aromatic carbocycles. The van der Waals surface area contributed by atoms with E-state index in [-0.39, 0.29) is 23.9 Å². The van der Waals surface area contributed by atoms with E-state index in [4.69, 9.17) is 0 Å². The second-order valence-electron chi connectivity index (χ2n) is 11.8. The minimum atomic E-state index is -0.729. The Morgan fingerprint density at radius 1 is 0.971 bits per heavy atom. The number of benzene rings is 1. The predicted octanol–water partition coefficient (Wildman–Crippen LogP) is 5.72. The van der Waals surface area contributed by atoms with E-state index < -0.39 is 5.97 Å². The van der Waals surface area contributed by atoms with Crippen LogP contribution in [0, 0.1) is 17.3 Å². The molecule has 1 amide bonds. The number of carboxylic acid groups (broad SMARTS) is 1. The molecule has 182 valence electrons. The molecule has 2 bridgehead atoms. The van der Waals surface area contributed by atoms with Crippen molar-refractivity contribution in [2.24, 2.45) is 17.3 Å². The standard InChI is InChI=1S/C28H37N3O3/c1-28(2,3)21-6-8-22(9-7-21)30-25-15-17-4-5-18(12-20(17)16-29-25)26(32)31-23-10-11-24(31)14-19(13-23)27(33)34/h4-5,12,15-16,19,21-24H,6-11,13-14H2,1-3H3,(H,29,30)(H,33,34)/t19?,21-,22+,23?,24?. The van der Waals surface area contributed by atoms with Crippen LogP contribution in [0.2, 0.25) is 0 Å². The summed E-state index contributed by atoms with van der Waals surface area (Å²) in [5.74, 6) is 0.663. The lowest BCUT2D eigenvalue weighted by atomic mass is 9.71. The van der Waals surface area contributed by atoms with Gasteiger partial charge < -0.3 is 15.3 Å². The van der Waals surface area contributed by atoms with E-state index in [2.05, 4.69) is 37.1 Å². The van der Waals surface area contributed by atoms with Crippen LogP contribution in [0.1, 0.15) is 82.5 Å². The number of hydrogen-bond acceptors (Lipinski definition) is 4. The molecule has 5 rings (SSSR count). The van der Waals surface area contributed by atoms with Gasteiger partial charge in [-0.3, -0.25) is 9.59 Å². The molecule has 2 aliphatic heterocycles. The summed E-state index contributed by atoms with van der Waals surface area (Å²) in [7, 11) is 0. The first kappa shape index (κ1) is 23.1. The zero-order valence-electron chi connectivity index (χ0n) is 20.6. The van der Waals surface area contributed by atoms with Gasteiger partial charge in [-0.1, -0.05) is 26.8 Å². The fraction of sp³-hybridized carbons (Fsp3) is 0.607. The number of carbonyl (C=O) groups is 2. The Morgan fingerprint density at radius 3 is 2.26 bits per heavy atom. The largest absolute Gasteiger partial charge is 0.481 e. The number of nitrogens with one attached hydrogen (secondary N) is 1. The van der Waals surface area contributed by atoms with Gasteiger partial charge in [0.05, 0.1) is 5.92 Å². The van der Waals surface area contributed by atoms with Crippen molar-refractivity contribution in [3.05, 3.63) is 36.0 Å². The van der Waals surface area contributed by atoms with E-state index in [1.807, 2.05) is 29.3 Å². The summed E-state index contributed by atoms with van der Waals surface area (Å²) >= 11 is 0. The van der Waals surface area contributed by atoms with Crippen LogP contribution in [0.5, 0.6) is 0 Å². The average molecular weight is 464 g/mol. The van der Waals surface area contributed by atoms with Crippen LogP contribution in [0.25, 0.3) is 10.8 Å². The molecule has 0 radical (unpaired) electrons.